The van der Waals surface area contributed by atoms with Crippen LogP contribution in [-0.2, 0) is 9.59 Å². The van der Waals surface area contributed by atoms with Crippen molar-refractivity contribution in [2.24, 2.45) is 11.8 Å². The van der Waals surface area contributed by atoms with Crippen molar-refractivity contribution in [1.82, 2.24) is 10.0 Å². The molecule has 2 aliphatic rings. The minimum Gasteiger partial charge on any atom is -0.292 e. The first-order chi connectivity index (χ1) is 15.7. The lowest BCUT2D eigenvalue weighted by Gasteiger charge is -2.35. The minimum atomic E-state index is -1.17. The second-order valence-electron chi connectivity index (χ2n) is 7.97. The predicted molar refractivity (Wildman–Crippen MR) is 125 cm³/mol. The van der Waals surface area contributed by atoms with Gasteiger partial charge in [-0.15, -0.1) is 0 Å². The summed E-state index contributed by atoms with van der Waals surface area (Å²) in [6, 6.07) is 9.24. The maximum absolute atomic E-state index is 13.7. The van der Waals surface area contributed by atoms with Crippen molar-refractivity contribution in [2.45, 2.75) is 25.8 Å². The summed E-state index contributed by atoms with van der Waals surface area (Å²) in [5.41, 5.74) is 0.301. The van der Waals surface area contributed by atoms with E-state index in [-0.39, 0.29) is 16.1 Å². The molecule has 0 saturated carbocycles. The lowest BCUT2D eigenvalue weighted by molar-refractivity contribution is -0.156. The van der Waals surface area contributed by atoms with Crippen LogP contribution in [0.5, 0.6) is 0 Å². The van der Waals surface area contributed by atoms with Crippen LogP contribution in [0.1, 0.15) is 40.5 Å². The Bertz CT molecular complexity index is 1150. The summed E-state index contributed by atoms with van der Waals surface area (Å²) in [7, 11) is 0. The van der Waals surface area contributed by atoms with Crippen LogP contribution in [-0.4, -0.2) is 39.6 Å². The second-order valence-corrected chi connectivity index (χ2v) is 9.25. The largest absolute Gasteiger partial charge is 0.292 e. The topological polar surface area (TPSA) is 74.8 Å². The number of amides is 3. The zero-order valence-corrected chi connectivity index (χ0v) is 19.8. The summed E-state index contributed by atoms with van der Waals surface area (Å²) < 4.78 is 0. The number of fused-ring (bicyclic) bond motifs is 1. The highest BCUT2D eigenvalue weighted by atomic mass is 35.5. The van der Waals surface area contributed by atoms with Gasteiger partial charge in [-0.05, 0) is 62.2 Å². The van der Waals surface area contributed by atoms with Crippen molar-refractivity contribution >= 4 is 58.3 Å². The number of hydrogen-bond donors (Lipinski definition) is 0. The summed E-state index contributed by atoms with van der Waals surface area (Å²) in [6.45, 7) is 1.47. The highest BCUT2D eigenvalue weighted by Crippen LogP contribution is 2.37. The van der Waals surface area contributed by atoms with E-state index in [0.29, 0.717) is 22.9 Å². The molecule has 170 valence electrons. The number of hydrogen-bond acceptors (Lipinski definition) is 4. The van der Waals surface area contributed by atoms with Gasteiger partial charge < -0.3 is 0 Å². The first kappa shape index (κ1) is 23.5. The van der Waals surface area contributed by atoms with Crippen molar-refractivity contribution in [3.63, 3.8) is 0 Å². The number of carbonyl (C=O) groups is 4. The number of nitrogens with zero attached hydrogens (tertiary/aromatic N) is 2. The molecule has 4 rings (SSSR count). The van der Waals surface area contributed by atoms with E-state index in [9.17, 15) is 19.2 Å². The molecule has 0 N–H and O–H groups in total. The number of rotatable bonds is 5. The number of ketones is 1. The fraction of sp³-hybridized carbons (Fsp3) is 0.250. The maximum Gasteiger partial charge on any atom is 0.275 e. The Kier molecular flexibility index (Phi) is 6.61. The Labute approximate surface area is 205 Å². The molecular formula is C24H19Cl3N2O4. The van der Waals surface area contributed by atoms with Gasteiger partial charge in [0, 0.05) is 15.6 Å². The van der Waals surface area contributed by atoms with Crippen LogP contribution in [0.15, 0.2) is 54.6 Å². The Balaban J connectivity index is 1.77. The monoisotopic (exact) mass is 504 g/mol. The maximum atomic E-state index is 13.7. The van der Waals surface area contributed by atoms with Gasteiger partial charge in [0.15, 0.2) is 5.78 Å². The summed E-state index contributed by atoms with van der Waals surface area (Å²) in [6.07, 6.45) is 4.49. The minimum absolute atomic E-state index is 0.0189. The van der Waals surface area contributed by atoms with Gasteiger partial charge in [-0.2, -0.15) is 5.01 Å². The van der Waals surface area contributed by atoms with Crippen molar-refractivity contribution in [1.29, 1.82) is 0 Å². The molecule has 2 aromatic rings. The van der Waals surface area contributed by atoms with Crippen LogP contribution in [0, 0.1) is 11.8 Å². The fourth-order valence-corrected chi connectivity index (χ4v) is 4.80. The zero-order valence-electron chi connectivity index (χ0n) is 17.5. The SMILES string of the molecule is C[C@H](C(=O)c1ccc(Cl)cc1)N(C(=O)c1ccc(Cl)cc1Cl)N1C(=O)[C@@H]2CC=CC[C@H]2C1=O. The van der Waals surface area contributed by atoms with E-state index in [1.54, 1.807) is 12.1 Å². The van der Waals surface area contributed by atoms with Gasteiger partial charge >= 0.3 is 0 Å². The molecule has 0 spiro atoms. The fourth-order valence-electron chi connectivity index (χ4n) is 4.19. The van der Waals surface area contributed by atoms with E-state index in [1.165, 1.54) is 37.3 Å². The molecule has 0 unspecified atom stereocenters. The first-order valence-electron chi connectivity index (χ1n) is 10.3. The summed E-state index contributed by atoms with van der Waals surface area (Å²) >= 11 is 18.1. The molecule has 3 atom stereocenters. The van der Waals surface area contributed by atoms with E-state index in [2.05, 4.69) is 0 Å². The molecule has 1 saturated heterocycles. The third-order valence-corrected chi connectivity index (χ3v) is 6.74. The second kappa shape index (κ2) is 9.29. The summed E-state index contributed by atoms with van der Waals surface area (Å²) in [5, 5.41) is 2.56. The van der Waals surface area contributed by atoms with E-state index in [0.717, 1.165) is 10.0 Å². The molecule has 1 fully saturated rings. The normalized spacial score (nSPS) is 20.5. The molecule has 6 nitrogen and oxygen atoms in total. The van der Waals surface area contributed by atoms with Crippen LogP contribution in [0.2, 0.25) is 15.1 Å². The summed E-state index contributed by atoms with van der Waals surface area (Å²) in [4.78, 5) is 53.5. The quantitative estimate of drug-likeness (QED) is 0.317. The Hall–Kier alpha value is -2.67. The van der Waals surface area contributed by atoms with Crippen LogP contribution in [0.3, 0.4) is 0 Å². The van der Waals surface area contributed by atoms with Crippen molar-refractivity contribution < 1.29 is 19.2 Å². The molecule has 1 heterocycles. The van der Waals surface area contributed by atoms with Crippen molar-refractivity contribution in [3.8, 4) is 0 Å². The standard InChI is InChI=1S/C24H19Cl3N2O4/c1-13(21(30)14-6-8-15(25)9-7-14)28(24(33)19-11-10-16(26)12-20(19)27)29-22(31)17-4-2-3-5-18(17)23(29)32/h2-3,6-13,17-18H,4-5H2,1H3/t13-,17-,18-/m1/s1. The third kappa shape index (κ3) is 4.31. The van der Waals surface area contributed by atoms with Crippen molar-refractivity contribution in [3.05, 3.63) is 80.8 Å². The highest BCUT2D eigenvalue weighted by molar-refractivity contribution is 6.37. The highest BCUT2D eigenvalue weighted by Gasteiger charge is 2.52. The van der Waals surface area contributed by atoms with Crippen LogP contribution in [0.25, 0.3) is 0 Å². The average molecular weight is 506 g/mol. The van der Waals surface area contributed by atoms with Gasteiger partial charge in [-0.3, -0.25) is 19.2 Å². The molecule has 1 aliphatic heterocycles. The number of carbonyl (C=O) groups excluding carboxylic acids is 4. The lowest BCUT2D eigenvalue weighted by Crippen LogP contribution is -2.56. The van der Waals surface area contributed by atoms with E-state index < -0.39 is 41.4 Å². The Morgan fingerprint density at radius 1 is 0.909 bits per heavy atom. The molecule has 3 amide bonds. The third-order valence-electron chi connectivity index (χ3n) is 5.94. The first-order valence-corrected chi connectivity index (χ1v) is 11.4. The molecule has 2 aromatic carbocycles. The molecule has 9 heteroatoms. The lowest BCUT2D eigenvalue weighted by atomic mass is 9.85. The molecule has 0 bridgehead atoms. The number of hydrazine groups is 1. The van der Waals surface area contributed by atoms with Gasteiger partial charge in [0.05, 0.1) is 22.4 Å². The van der Waals surface area contributed by atoms with Crippen LogP contribution in [0.4, 0.5) is 0 Å². The van der Waals surface area contributed by atoms with Gasteiger partial charge in [0.25, 0.3) is 17.7 Å². The zero-order chi connectivity index (χ0) is 23.9. The molecule has 0 radical (unpaired) electrons. The number of imide groups is 1. The number of benzene rings is 2. The van der Waals surface area contributed by atoms with E-state index in [1.807, 2.05) is 12.2 Å². The van der Waals surface area contributed by atoms with Gasteiger partial charge in [0.2, 0.25) is 0 Å². The van der Waals surface area contributed by atoms with Gasteiger partial charge in [-0.25, -0.2) is 5.01 Å². The molecule has 1 aliphatic carbocycles. The van der Waals surface area contributed by atoms with Crippen LogP contribution < -0.4 is 0 Å². The molecule has 0 aromatic heterocycles. The molecule has 33 heavy (non-hydrogen) atoms. The number of halogens is 3. The Morgan fingerprint density at radius 2 is 1.45 bits per heavy atom. The van der Waals surface area contributed by atoms with Crippen molar-refractivity contribution in [2.75, 3.05) is 0 Å². The smallest absolute Gasteiger partial charge is 0.275 e. The average Bonchev–Trinajstić information content (AvgIpc) is 3.04. The van der Waals surface area contributed by atoms with E-state index in [4.69, 9.17) is 34.8 Å². The summed E-state index contributed by atoms with van der Waals surface area (Å²) in [5.74, 6) is -3.38. The number of Topliss-reactive ketones (excluding diaryl/α,β-unsaturated/α-hetero) is 1. The predicted octanol–water partition coefficient (Wildman–Crippen LogP) is 5.23. The van der Waals surface area contributed by atoms with Crippen LogP contribution >= 0.6 is 34.8 Å². The number of allylic oxidation sites excluding steroid dienone is 2. The molecular weight excluding hydrogens is 487 g/mol. The van der Waals surface area contributed by atoms with Gasteiger partial charge in [-0.1, -0.05) is 47.0 Å². The van der Waals surface area contributed by atoms with E-state index >= 15 is 0 Å². The van der Waals surface area contributed by atoms with Gasteiger partial charge in [0.1, 0.15) is 6.04 Å². The Morgan fingerprint density at radius 3 is 2.00 bits per heavy atom.